The average molecular weight is 588 g/mol. The smallest absolute Gasteiger partial charge is 0.344 e. The minimum atomic E-state index is -0.701. The molecule has 1 aromatic heterocycles. The number of carbonyl (C=O) groups is 2. The molecule has 4 aromatic rings. The van der Waals surface area contributed by atoms with E-state index in [9.17, 15) is 14.4 Å². The van der Waals surface area contributed by atoms with Gasteiger partial charge in [-0.2, -0.15) is 0 Å². The van der Waals surface area contributed by atoms with Gasteiger partial charge in [0, 0.05) is 10.7 Å². The summed E-state index contributed by atoms with van der Waals surface area (Å²) in [4.78, 5) is 44.1. The highest BCUT2D eigenvalue weighted by Crippen LogP contribution is 2.31. The van der Waals surface area contributed by atoms with Crippen LogP contribution >= 0.6 is 22.9 Å². The monoisotopic (exact) mass is 587 g/mol. The van der Waals surface area contributed by atoms with Crippen molar-refractivity contribution in [2.75, 3.05) is 18.5 Å². The molecule has 1 N–H and O–H groups in total. The molecule has 5 rings (SSSR count). The topological polar surface area (TPSA) is 99.0 Å². The Labute approximate surface area is 244 Å². The van der Waals surface area contributed by atoms with Crippen molar-refractivity contribution in [2.24, 2.45) is 4.99 Å². The van der Waals surface area contributed by atoms with Gasteiger partial charge in [-0.05, 0) is 67.4 Å². The summed E-state index contributed by atoms with van der Waals surface area (Å²) < 4.78 is 12.3. The number of hydrogen-bond acceptors (Lipinski definition) is 7. The van der Waals surface area contributed by atoms with E-state index in [-0.39, 0.29) is 24.7 Å². The molecule has 0 bridgehead atoms. The third-order valence-corrected chi connectivity index (χ3v) is 7.56. The molecule has 2 heterocycles. The Morgan fingerprint density at radius 3 is 2.44 bits per heavy atom. The largest absolute Gasteiger partial charge is 0.482 e. The van der Waals surface area contributed by atoms with E-state index in [4.69, 9.17) is 21.1 Å². The van der Waals surface area contributed by atoms with Crippen LogP contribution in [0.15, 0.2) is 99.9 Å². The van der Waals surface area contributed by atoms with Crippen LogP contribution in [-0.2, 0) is 14.3 Å². The number of esters is 1. The summed E-state index contributed by atoms with van der Waals surface area (Å²) in [6.45, 7) is 3.61. The first kappa shape index (κ1) is 28.1. The molecule has 3 aromatic carbocycles. The zero-order valence-corrected chi connectivity index (χ0v) is 23.9. The number of allylic oxidation sites excluding steroid dienone is 1. The van der Waals surface area contributed by atoms with Crippen molar-refractivity contribution < 1.29 is 19.1 Å². The third-order valence-electron chi connectivity index (χ3n) is 6.32. The van der Waals surface area contributed by atoms with E-state index in [1.165, 1.54) is 11.3 Å². The van der Waals surface area contributed by atoms with Gasteiger partial charge in [0.15, 0.2) is 11.4 Å². The van der Waals surface area contributed by atoms with Gasteiger partial charge in [-0.25, -0.2) is 9.79 Å². The van der Waals surface area contributed by atoms with Gasteiger partial charge in [0.1, 0.15) is 5.75 Å². The molecular weight excluding hydrogens is 562 g/mol. The van der Waals surface area contributed by atoms with Crippen molar-refractivity contribution in [1.82, 2.24) is 4.57 Å². The van der Waals surface area contributed by atoms with Crippen LogP contribution in [0.2, 0.25) is 5.02 Å². The van der Waals surface area contributed by atoms with Gasteiger partial charge in [-0.1, -0.05) is 65.4 Å². The summed E-state index contributed by atoms with van der Waals surface area (Å²) in [7, 11) is 0. The fraction of sp³-hybridized carbons (Fsp3) is 0.161. The van der Waals surface area contributed by atoms with E-state index in [0.29, 0.717) is 37.1 Å². The first-order chi connectivity index (χ1) is 19.8. The van der Waals surface area contributed by atoms with Crippen molar-refractivity contribution in [2.45, 2.75) is 19.9 Å². The van der Waals surface area contributed by atoms with E-state index >= 15 is 0 Å². The Hall–Kier alpha value is -4.47. The molecule has 41 heavy (non-hydrogen) atoms. The van der Waals surface area contributed by atoms with Crippen molar-refractivity contribution >= 4 is 46.6 Å². The molecule has 1 aliphatic rings. The lowest BCUT2D eigenvalue weighted by atomic mass is 9.95. The van der Waals surface area contributed by atoms with E-state index in [0.717, 1.165) is 11.1 Å². The molecule has 0 aliphatic carbocycles. The molecule has 8 nitrogen and oxygen atoms in total. The lowest BCUT2D eigenvalue weighted by molar-refractivity contribution is -0.145. The molecule has 208 valence electrons. The van der Waals surface area contributed by atoms with Gasteiger partial charge < -0.3 is 14.8 Å². The van der Waals surface area contributed by atoms with Crippen LogP contribution in [0, 0.1) is 0 Å². The molecule has 0 spiro atoms. The van der Waals surface area contributed by atoms with Crippen LogP contribution in [0.4, 0.5) is 5.69 Å². The van der Waals surface area contributed by atoms with Crippen LogP contribution in [0.1, 0.15) is 31.0 Å². The summed E-state index contributed by atoms with van der Waals surface area (Å²) in [5, 5.41) is 3.48. The number of amides is 1. The highest BCUT2D eigenvalue weighted by Gasteiger charge is 2.32. The lowest BCUT2D eigenvalue weighted by Crippen LogP contribution is -2.40. The maximum absolute atomic E-state index is 13.8. The van der Waals surface area contributed by atoms with Gasteiger partial charge >= 0.3 is 5.97 Å². The number of rotatable bonds is 8. The predicted molar refractivity (Wildman–Crippen MR) is 159 cm³/mol. The number of fused-ring (bicyclic) bond motifs is 1. The normalized spacial score (nSPS) is 14.7. The van der Waals surface area contributed by atoms with E-state index < -0.39 is 12.0 Å². The number of hydrogen-bond donors (Lipinski definition) is 1. The highest BCUT2D eigenvalue weighted by atomic mass is 35.5. The molecule has 0 saturated heterocycles. The number of nitrogens with zero attached hydrogens (tertiary/aromatic N) is 2. The second-order valence-electron chi connectivity index (χ2n) is 9.12. The number of aromatic nitrogens is 1. The zero-order chi connectivity index (χ0) is 28.9. The van der Waals surface area contributed by atoms with E-state index in [1.807, 2.05) is 30.3 Å². The number of benzene rings is 3. The van der Waals surface area contributed by atoms with Crippen molar-refractivity contribution in [3.8, 4) is 5.75 Å². The number of thiazole rings is 1. The van der Waals surface area contributed by atoms with Gasteiger partial charge in [0.2, 0.25) is 0 Å². The van der Waals surface area contributed by atoms with E-state index in [2.05, 4.69) is 10.3 Å². The summed E-state index contributed by atoms with van der Waals surface area (Å²) in [5.41, 5.74) is 2.76. The molecule has 0 fully saturated rings. The van der Waals surface area contributed by atoms with Crippen LogP contribution in [0.25, 0.3) is 6.08 Å². The Kier molecular flexibility index (Phi) is 8.47. The third kappa shape index (κ3) is 6.32. The maximum atomic E-state index is 13.8. The minimum absolute atomic E-state index is 0.185. The Bertz CT molecular complexity index is 1790. The molecule has 0 radical (unpaired) electrons. The maximum Gasteiger partial charge on any atom is 0.344 e. The number of carbonyl (C=O) groups excluding carboxylic acids is 2. The highest BCUT2D eigenvalue weighted by molar-refractivity contribution is 7.07. The zero-order valence-electron chi connectivity index (χ0n) is 22.3. The Morgan fingerprint density at radius 2 is 1.76 bits per heavy atom. The summed E-state index contributed by atoms with van der Waals surface area (Å²) in [6, 6.07) is 22.5. The number of nitrogens with one attached hydrogen (secondary N) is 1. The molecule has 0 saturated carbocycles. The fourth-order valence-corrected chi connectivity index (χ4v) is 5.62. The molecule has 1 aliphatic heterocycles. The summed E-state index contributed by atoms with van der Waals surface area (Å²) in [6.07, 6.45) is 1.76. The SMILES string of the molecule is CCOC(=O)COc1ccc(C=c2sc3n(c2=O)[C@H](c2ccc(Cl)cc2)C(C(=O)Nc2ccccc2)=C(C)N=3)cc1. The van der Waals surface area contributed by atoms with Gasteiger partial charge in [-0.15, -0.1) is 0 Å². The van der Waals surface area contributed by atoms with Gasteiger partial charge in [0.05, 0.1) is 28.5 Å². The summed E-state index contributed by atoms with van der Waals surface area (Å²) >= 11 is 7.41. The van der Waals surface area contributed by atoms with Crippen LogP contribution in [0.3, 0.4) is 0 Å². The second kappa shape index (κ2) is 12.4. The number of ether oxygens (including phenoxy) is 2. The standard InChI is InChI=1S/C31H26ClN3O5S/c1-3-39-26(36)18-40-24-15-9-20(10-16-24)17-25-30(38)35-28(21-11-13-22(32)14-12-21)27(19(2)33-31(35)41-25)29(37)34-23-7-5-4-6-8-23/h4-17,28H,3,18H2,1-2H3,(H,34,37)/t28-/m1/s1. The van der Waals surface area contributed by atoms with Crippen LogP contribution < -0.4 is 24.9 Å². The van der Waals surface area contributed by atoms with Gasteiger partial charge in [0.25, 0.3) is 11.5 Å². The molecule has 1 amide bonds. The lowest BCUT2D eigenvalue weighted by Gasteiger charge is -2.25. The van der Waals surface area contributed by atoms with Crippen LogP contribution in [-0.4, -0.2) is 29.7 Å². The van der Waals surface area contributed by atoms with E-state index in [1.54, 1.807) is 73.0 Å². The summed E-state index contributed by atoms with van der Waals surface area (Å²) in [5.74, 6) is -0.283. The molecular formula is C31H26ClN3O5S. The first-order valence-electron chi connectivity index (χ1n) is 12.9. The Balaban J connectivity index is 1.52. The van der Waals surface area contributed by atoms with Crippen molar-refractivity contribution in [3.05, 3.63) is 126 Å². The minimum Gasteiger partial charge on any atom is -0.482 e. The number of anilines is 1. The Morgan fingerprint density at radius 1 is 1.05 bits per heavy atom. The van der Waals surface area contributed by atoms with Crippen LogP contribution in [0.5, 0.6) is 5.75 Å². The van der Waals surface area contributed by atoms with Gasteiger partial charge in [-0.3, -0.25) is 14.2 Å². The molecule has 1 atom stereocenters. The quantitative estimate of drug-likeness (QED) is 0.307. The number of halogens is 1. The fourth-order valence-electron chi connectivity index (χ4n) is 4.45. The van der Waals surface area contributed by atoms with Crippen molar-refractivity contribution in [3.63, 3.8) is 0 Å². The predicted octanol–water partition coefficient (Wildman–Crippen LogP) is 4.47. The molecule has 10 heteroatoms. The van der Waals surface area contributed by atoms with Crippen molar-refractivity contribution in [1.29, 1.82) is 0 Å². The average Bonchev–Trinajstić information content (AvgIpc) is 3.27. The second-order valence-corrected chi connectivity index (χ2v) is 10.6. The first-order valence-corrected chi connectivity index (χ1v) is 14.1. The number of para-hydroxylation sites is 1. The molecule has 0 unspecified atom stereocenters.